The maximum Gasteiger partial charge on any atom is 0.325 e. The van der Waals surface area contributed by atoms with Crippen LogP contribution in [0.1, 0.15) is 31.9 Å². The van der Waals surface area contributed by atoms with Crippen LogP contribution in [-0.4, -0.2) is 32.1 Å². The van der Waals surface area contributed by atoms with Crippen LogP contribution < -0.4 is 16.0 Å². The number of benzene rings is 2. The lowest BCUT2D eigenvalue weighted by Gasteiger charge is -2.13. The third kappa shape index (κ3) is 5.66. The standard InChI is InChI=1S/C22H26N6O2/c1-4-15-6-10-17(11-7-15)24-21-26-20(23-14(3)19(29)30)27-22(28-21)25-18-12-8-16(5-2)9-13-18/h6-14H,4-5H2,1-3H3,(H,29,30)(H3,23,24,25,26,27,28). The molecule has 156 valence electrons. The predicted molar refractivity (Wildman–Crippen MR) is 119 cm³/mol. The Hall–Kier alpha value is -3.68. The van der Waals surface area contributed by atoms with Crippen LogP contribution in [0.2, 0.25) is 0 Å². The van der Waals surface area contributed by atoms with Crippen molar-refractivity contribution in [1.82, 2.24) is 15.0 Å². The molecule has 0 radical (unpaired) electrons. The summed E-state index contributed by atoms with van der Waals surface area (Å²) < 4.78 is 0. The number of aliphatic carboxylic acids is 1. The van der Waals surface area contributed by atoms with Gasteiger partial charge in [-0.3, -0.25) is 4.79 Å². The summed E-state index contributed by atoms with van der Waals surface area (Å²) in [5, 5.41) is 18.3. The molecular formula is C22H26N6O2. The molecule has 3 rings (SSSR count). The molecule has 30 heavy (non-hydrogen) atoms. The highest BCUT2D eigenvalue weighted by Gasteiger charge is 2.14. The average Bonchev–Trinajstić information content (AvgIpc) is 2.74. The van der Waals surface area contributed by atoms with E-state index in [2.05, 4.69) is 44.7 Å². The molecule has 2 aromatic carbocycles. The van der Waals surface area contributed by atoms with Crippen LogP contribution >= 0.6 is 0 Å². The van der Waals surface area contributed by atoms with Gasteiger partial charge in [0, 0.05) is 11.4 Å². The number of hydrogen-bond acceptors (Lipinski definition) is 7. The molecule has 0 aliphatic rings. The van der Waals surface area contributed by atoms with Crippen LogP contribution in [0, 0.1) is 0 Å². The number of carboxylic acids is 1. The van der Waals surface area contributed by atoms with Crippen molar-refractivity contribution in [3.8, 4) is 0 Å². The average molecular weight is 406 g/mol. The summed E-state index contributed by atoms with van der Waals surface area (Å²) in [4.78, 5) is 24.3. The number of carbonyl (C=O) groups is 1. The van der Waals surface area contributed by atoms with Gasteiger partial charge >= 0.3 is 5.97 Å². The van der Waals surface area contributed by atoms with Crippen molar-refractivity contribution >= 4 is 35.2 Å². The SMILES string of the molecule is CCc1ccc(Nc2nc(Nc3ccc(CC)cc3)nc(NC(C)C(=O)O)n2)cc1. The number of anilines is 5. The number of hydrogen-bond donors (Lipinski definition) is 4. The van der Waals surface area contributed by atoms with E-state index >= 15 is 0 Å². The number of nitrogens with one attached hydrogen (secondary N) is 3. The van der Waals surface area contributed by atoms with Crippen LogP contribution in [0.25, 0.3) is 0 Å². The summed E-state index contributed by atoms with van der Waals surface area (Å²) >= 11 is 0. The quantitative estimate of drug-likeness (QED) is 0.414. The second kappa shape index (κ2) is 9.69. The Balaban J connectivity index is 1.87. The van der Waals surface area contributed by atoms with Crippen molar-refractivity contribution in [3.63, 3.8) is 0 Å². The van der Waals surface area contributed by atoms with Gasteiger partial charge in [-0.2, -0.15) is 15.0 Å². The van der Waals surface area contributed by atoms with E-state index in [-0.39, 0.29) is 5.95 Å². The fraction of sp³-hybridized carbons (Fsp3) is 0.273. The largest absolute Gasteiger partial charge is 0.480 e. The Labute approximate surface area is 175 Å². The van der Waals surface area contributed by atoms with Gasteiger partial charge in [0.05, 0.1) is 0 Å². The van der Waals surface area contributed by atoms with Crippen molar-refractivity contribution in [2.45, 2.75) is 39.7 Å². The lowest BCUT2D eigenvalue weighted by molar-refractivity contribution is -0.137. The summed E-state index contributed by atoms with van der Waals surface area (Å²) in [7, 11) is 0. The second-order valence-electron chi connectivity index (χ2n) is 6.86. The van der Waals surface area contributed by atoms with E-state index in [0.29, 0.717) is 11.9 Å². The first-order chi connectivity index (χ1) is 14.5. The lowest BCUT2D eigenvalue weighted by atomic mass is 10.1. The van der Waals surface area contributed by atoms with Gasteiger partial charge < -0.3 is 21.1 Å². The molecule has 0 saturated carbocycles. The van der Waals surface area contributed by atoms with Gasteiger partial charge in [-0.05, 0) is 55.2 Å². The van der Waals surface area contributed by atoms with Crippen LogP contribution in [0.3, 0.4) is 0 Å². The van der Waals surface area contributed by atoms with Crippen molar-refractivity contribution in [3.05, 3.63) is 59.7 Å². The molecule has 0 aliphatic carbocycles. The zero-order valence-electron chi connectivity index (χ0n) is 17.3. The number of aryl methyl sites for hydroxylation is 2. The number of nitrogens with zero attached hydrogens (tertiary/aromatic N) is 3. The first-order valence-electron chi connectivity index (χ1n) is 9.94. The van der Waals surface area contributed by atoms with Gasteiger partial charge in [-0.15, -0.1) is 0 Å². The Morgan fingerprint density at radius 2 is 1.20 bits per heavy atom. The van der Waals surface area contributed by atoms with E-state index < -0.39 is 12.0 Å². The first-order valence-corrected chi connectivity index (χ1v) is 9.94. The topological polar surface area (TPSA) is 112 Å². The van der Waals surface area contributed by atoms with Gasteiger partial charge in [-0.1, -0.05) is 38.1 Å². The molecule has 1 aromatic heterocycles. The maximum absolute atomic E-state index is 11.2. The van der Waals surface area contributed by atoms with E-state index in [0.717, 1.165) is 24.2 Å². The Bertz CT molecular complexity index is 922. The third-order valence-electron chi connectivity index (χ3n) is 4.59. The van der Waals surface area contributed by atoms with E-state index in [1.807, 2.05) is 48.5 Å². The monoisotopic (exact) mass is 406 g/mol. The molecule has 1 heterocycles. The van der Waals surface area contributed by atoms with Gasteiger partial charge in [-0.25, -0.2) is 0 Å². The fourth-order valence-electron chi connectivity index (χ4n) is 2.71. The minimum Gasteiger partial charge on any atom is -0.480 e. The second-order valence-corrected chi connectivity index (χ2v) is 6.86. The van der Waals surface area contributed by atoms with Crippen LogP contribution in [0.4, 0.5) is 29.2 Å². The molecule has 8 heteroatoms. The molecule has 0 aliphatic heterocycles. The van der Waals surface area contributed by atoms with Gasteiger partial charge in [0.15, 0.2) is 0 Å². The number of aromatic nitrogens is 3. The van der Waals surface area contributed by atoms with Crippen LogP contribution in [-0.2, 0) is 17.6 Å². The van der Waals surface area contributed by atoms with Crippen LogP contribution in [0.15, 0.2) is 48.5 Å². The first kappa shape index (κ1) is 21.0. The summed E-state index contributed by atoms with van der Waals surface area (Å²) in [6, 6.07) is 15.1. The third-order valence-corrected chi connectivity index (χ3v) is 4.59. The lowest BCUT2D eigenvalue weighted by Crippen LogP contribution is -2.26. The highest BCUT2D eigenvalue weighted by molar-refractivity contribution is 5.76. The zero-order valence-corrected chi connectivity index (χ0v) is 17.3. The van der Waals surface area contributed by atoms with Gasteiger partial charge in [0.2, 0.25) is 17.8 Å². The summed E-state index contributed by atoms with van der Waals surface area (Å²) in [5.41, 5.74) is 4.11. The van der Waals surface area contributed by atoms with Crippen molar-refractivity contribution in [2.75, 3.05) is 16.0 Å². The molecule has 0 saturated heterocycles. The minimum absolute atomic E-state index is 0.167. The van der Waals surface area contributed by atoms with Crippen molar-refractivity contribution in [1.29, 1.82) is 0 Å². The highest BCUT2D eigenvalue weighted by Crippen LogP contribution is 2.20. The summed E-state index contributed by atoms with van der Waals surface area (Å²) in [6.45, 7) is 5.72. The highest BCUT2D eigenvalue weighted by atomic mass is 16.4. The van der Waals surface area contributed by atoms with E-state index in [1.165, 1.54) is 18.1 Å². The maximum atomic E-state index is 11.2. The Morgan fingerprint density at radius 3 is 1.57 bits per heavy atom. The van der Waals surface area contributed by atoms with Gasteiger partial charge in [0.1, 0.15) is 6.04 Å². The molecule has 8 nitrogen and oxygen atoms in total. The number of rotatable bonds is 9. The van der Waals surface area contributed by atoms with Crippen LogP contribution in [0.5, 0.6) is 0 Å². The molecule has 0 fully saturated rings. The van der Waals surface area contributed by atoms with Gasteiger partial charge in [0.25, 0.3) is 0 Å². The Kier molecular flexibility index (Phi) is 6.79. The predicted octanol–water partition coefficient (Wildman–Crippen LogP) is 4.37. The molecule has 1 unspecified atom stereocenters. The van der Waals surface area contributed by atoms with Crippen molar-refractivity contribution < 1.29 is 9.90 Å². The molecule has 0 amide bonds. The Morgan fingerprint density at radius 1 is 0.800 bits per heavy atom. The van der Waals surface area contributed by atoms with E-state index in [1.54, 1.807) is 0 Å². The molecular weight excluding hydrogens is 380 g/mol. The molecule has 0 bridgehead atoms. The fourth-order valence-corrected chi connectivity index (χ4v) is 2.71. The normalized spacial score (nSPS) is 11.6. The smallest absolute Gasteiger partial charge is 0.325 e. The molecule has 3 aromatic rings. The summed E-state index contributed by atoms with van der Waals surface area (Å²) in [6.07, 6.45) is 1.91. The molecule has 1 atom stereocenters. The van der Waals surface area contributed by atoms with Crippen molar-refractivity contribution in [2.24, 2.45) is 0 Å². The van der Waals surface area contributed by atoms with E-state index in [4.69, 9.17) is 0 Å². The number of carboxylic acid groups (broad SMARTS) is 1. The molecule has 4 N–H and O–H groups in total. The minimum atomic E-state index is -0.996. The molecule has 0 spiro atoms. The zero-order chi connectivity index (χ0) is 21.5. The van der Waals surface area contributed by atoms with E-state index in [9.17, 15) is 9.90 Å². The summed E-state index contributed by atoms with van der Waals surface area (Å²) in [5.74, 6) is -0.214.